The molecule has 2 aromatic rings. The maximum Gasteiger partial charge on any atom is 0.0682 e. The smallest absolute Gasteiger partial charge is 0.0682 e. The molecule has 0 radical (unpaired) electrons. The third-order valence-electron chi connectivity index (χ3n) is 6.66. The van der Waals surface area contributed by atoms with Gasteiger partial charge in [0.1, 0.15) is 0 Å². The van der Waals surface area contributed by atoms with Crippen molar-refractivity contribution in [3.63, 3.8) is 0 Å². The highest BCUT2D eigenvalue weighted by Gasteiger charge is 2.41. The van der Waals surface area contributed by atoms with Crippen molar-refractivity contribution in [3.8, 4) is 0 Å². The third kappa shape index (κ3) is 3.41. The van der Waals surface area contributed by atoms with Crippen molar-refractivity contribution < 1.29 is 4.74 Å². The fourth-order valence-corrected chi connectivity index (χ4v) is 5.10. The summed E-state index contributed by atoms with van der Waals surface area (Å²) in [5.41, 5.74) is 1.26. The van der Waals surface area contributed by atoms with Crippen molar-refractivity contribution >= 4 is 10.9 Å². The Morgan fingerprint density at radius 3 is 2.62 bits per heavy atom. The standard InChI is InChI=1S/C22H31N3O/c1-16(14-25-22-5-3-2-4-18(22)12-23-25)13-24-19-8-9-20(24)11-21(10-19)26-15-17-6-7-17/h2-5,12,16-17,19-21H,6-11,13-15H2,1H3/t16-,19-,20-/m1/s1. The molecule has 1 aliphatic carbocycles. The first-order chi connectivity index (χ1) is 12.8. The Morgan fingerprint density at radius 1 is 1.08 bits per heavy atom. The van der Waals surface area contributed by atoms with E-state index in [1.165, 1.54) is 56.0 Å². The van der Waals surface area contributed by atoms with Crippen LogP contribution >= 0.6 is 0 Å². The summed E-state index contributed by atoms with van der Waals surface area (Å²) in [6, 6.07) is 10.0. The number of piperidine rings is 1. The van der Waals surface area contributed by atoms with Crippen molar-refractivity contribution in [2.45, 2.75) is 70.2 Å². The van der Waals surface area contributed by atoms with Crippen LogP contribution in [-0.4, -0.2) is 46.0 Å². The fraction of sp³-hybridized carbons (Fsp3) is 0.682. The Hall–Kier alpha value is -1.39. The summed E-state index contributed by atoms with van der Waals surface area (Å²) in [6.45, 7) is 5.60. The number of aromatic nitrogens is 2. The van der Waals surface area contributed by atoms with Crippen molar-refractivity contribution in [2.75, 3.05) is 13.2 Å². The highest BCUT2D eigenvalue weighted by Crippen LogP contribution is 2.38. The molecule has 2 bridgehead atoms. The summed E-state index contributed by atoms with van der Waals surface area (Å²) < 4.78 is 8.42. The van der Waals surface area contributed by atoms with E-state index in [-0.39, 0.29) is 0 Å². The SMILES string of the molecule is C[C@H](CN1[C@@H]2CC[C@@H]1CC(OCC1CC1)C2)Cn1ncc2ccccc21. The second-order valence-electron chi connectivity index (χ2n) is 8.94. The van der Waals surface area contributed by atoms with Crippen LogP contribution in [0, 0.1) is 11.8 Å². The molecule has 26 heavy (non-hydrogen) atoms. The first-order valence-electron chi connectivity index (χ1n) is 10.5. The number of nitrogens with zero attached hydrogens (tertiary/aromatic N) is 3. The van der Waals surface area contributed by atoms with Crippen LogP contribution < -0.4 is 0 Å². The summed E-state index contributed by atoms with van der Waals surface area (Å²) in [5, 5.41) is 5.86. The van der Waals surface area contributed by atoms with Gasteiger partial charge in [0.05, 0.1) is 17.8 Å². The molecule has 140 valence electrons. The van der Waals surface area contributed by atoms with E-state index in [4.69, 9.17) is 4.74 Å². The summed E-state index contributed by atoms with van der Waals surface area (Å²) in [4.78, 5) is 2.80. The predicted molar refractivity (Wildman–Crippen MR) is 104 cm³/mol. The van der Waals surface area contributed by atoms with E-state index >= 15 is 0 Å². The van der Waals surface area contributed by atoms with E-state index in [1.54, 1.807) is 0 Å². The molecule has 1 aromatic heterocycles. The molecule has 3 heterocycles. The summed E-state index contributed by atoms with van der Waals surface area (Å²) >= 11 is 0. The van der Waals surface area contributed by atoms with Gasteiger partial charge in [-0.05, 0) is 56.4 Å². The average molecular weight is 354 g/mol. The van der Waals surface area contributed by atoms with Crippen LogP contribution in [0.2, 0.25) is 0 Å². The van der Waals surface area contributed by atoms with E-state index in [0.717, 1.165) is 31.2 Å². The molecule has 3 atom stereocenters. The molecule has 3 aliphatic rings. The summed E-state index contributed by atoms with van der Waals surface area (Å²) in [7, 11) is 0. The Bertz CT molecular complexity index is 739. The van der Waals surface area contributed by atoms with Gasteiger partial charge >= 0.3 is 0 Å². The van der Waals surface area contributed by atoms with Gasteiger partial charge in [-0.3, -0.25) is 9.58 Å². The zero-order chi connectivity index (χ0) is 17.5. The van der Waals surface area contributed by atoms with Gasteiger partial charge in [0.2, 0.25) is 0 Å². The van der Waals surface area contributed by atoms with Gasteiger partial charge in [0.15, 0.2) is 0 Å². The Balaban J connectivity index is 1.18. The average Bonchev–Trinajstić information content (AvgIpc) is 3.36. The number of para-hydroxylation sites is 1. The minimum atomic E-state index is 0.523. The first-order valence-corrected chi connectivity index (χ1v) is 10.5. The Kier molecular flexibility index (Phi) is 4.49. The van der Waals surface area contributed by atoms with E-state index in [2.05, 4.69) is 45.9 Å². The zero-order valence-electron chi connectivity index (χ0n) is 15.9. The number of rotatable bonds is 7. The number of hydrogen-bond acceptors (Lipinski definition) is 3. The van der Waals surface area contributed by atoms with Crippen molar-refractivity contribution in [1.29, 1.82) is 0 Å². The predicted octanol–water partition coefficient (Wildman–Crippen LogP) is 4.09. The number of benzene rings is 1. The van der Waals surface area contributed by atoms with Crippen LogP contribution in [0.1, 0.15) is 45.4 Å². The molecule has 5 rings (SSSR count). The monoisotopic (exact) mass is 353 g/mol. The lowest BCUT2D eigenvalue weighted by Crippen LogP contribution is -2.47. The highest BCUT2D eigenvalue weighted by atomic mass is 16.5. The number of ether oxygens (including phenoxy) is 1. The molecule has 2 aliphatic heterocycles. The first kappa shape index (κ1) is 16.8. The molecule has 0 spiro atoms. The maximum absolute atomic E-state index is 6.23. The van der Waals surface area contributed by atoms with Gasteiger partial charge in [0, 0.05) is 37.2 Å². The van der Waals surface area contributed by atoms with Crippen molar-refractivity contribution in [3.05, 3.63) is 30.5 Å². The van der Waals surface area contributed by atoms with Gasteiger partial charge in [-0.1, -0.05) is 25.1 Å². The number of hydrogen-bond donors (Lipinski definition) is 0. The van der Waals surface area contributed by atoms with Gasteiger partial charge in [-0.15, -0.1) is 0 Å². The molecule has 3 fully saturated rings. The lowest BCUT2D eigenvalue weighted by Gasteiger charge is -2.40. The van der Waals surface area contributed by atoms with Gasteiger partial charge in [0.25, 0.3) is 0 Å². The Labute approximate surface area is 156 Å². The summed E-state index contributed by atoms with van der Waals surface area (Å²) in [6.07, 6.45) is 10.5. The van der Waals surface area contributed by atoms with Crippen molar-refractivity contribution in [1.82, 2.24) is 14.7 Å². The van der Waals surface area contributed by atoms with Crippen LogP contribution in [-0.2, 0) is 11.3 Å². The van der Waals surface area contributed by atoms with Crippen LogP contribution in [0.25, 0.3) is 10.9 Å². The molecule has 0 unspecified atom stereocenters. The van der Waals surface area contributed by atoms with E-state index in [9.17, 15) is 0 Å². The molecule has 1 aromatic carbocycles. The molecule has 4 heteroatoms. The fourth-order valence-electron chi connectivity index (χ4n) is 5.10. The molecule has 4 nitrogen and oxygen atoms in total. The van der Waals surface area contributed by atoms with Crippen LogP contribution in [0.3, 0.4) is 0 Å². The molecule has 2 saturated heterocycles. The second-order valence-corrected chi connectivity index (χ2v) is 8.94. The number of fused-ring (bicyclic) bond motifs is 3. The lowest BCUT2D eigenvalue weighted by molar-refractivity contribution is -0.0276. The summed E-state index contributed by atoms with van der Waals surface area (Å²) in [5.74, 6) is 1.50. The largest absolute Gasteiger partial charge is 0.378 e. The third-order valence-corrected chi connectivity index (χ3v) is 6.66. The Morgan fingerprint density at radius 2 is 1.85 bits per heavy atom. The normalized spacial score (nSPS) is 30.1. The maximum atomic E-state index is 6.23. The van der Waals surface area contributed by atoms with Crippen LogP contribution in [0.5, 0.6) is 0 Å². The van der Waals surface area contributed by atoms with Crippen LogP contribution in [0.15, 0.2) is 30.5 Å². The van der Waals surface area contributed by atoms with Gasteiger partial charge in [-0.2, -0.15) is 5.10 Å². The van der Waals surface area contributed by atoms with E-state index in [1.807, 2.05) is 6.20 Å². The second kappa shape index (κ2) is 6.97. The molecule has 0 N–H and O–H groups in total. The highest BCUT2D eigenvalue weighted by molar-refractivity contribution is 5.78. The minimum absolute atomic E-state index is 0.523. The van der Waals surface area contributed by atoms with E-state index < -0.39 is 0 Å². The van der Waals surface area contributed by atoms with Crippen LogP contribution in [0.4, 0.5) is 0 Å². The van der Waals surface area contributed by atoms with Crippen molar-refractivity contribution in [2.24, 2.45) is 11.8 Å². The zero-order valence-corrected chi connectivity index (χ0v) is 15.9. The molecular formula is C22H31N3O. The van der Waals surface area contributed by atoms with Gasteiger partial charge in [-0.25, -0.2) is 0 Å². The van der Waals surface area contributed by atoms with Gasteiger partial charge < -0.3 is 4.74 Å². The van der Waals surface area contributed by atoms with E-state index in [0.29, 0.717) is 12.0 Å². The molecular weight excluding hydrogens is 322 g/mol. The lowest BCUT2D eigenvalue weighted by atomic mass is 9.98. The topological polar surface area (TPSA) is 30.3 Å². The molecule has 1 saturated carbocycles. The minimum Gasteiger partial charge on any atom is -0.378 e. The molecule has 0 amide bonds. The quantitative estimate of drug-likeness (QED) is 0.751.